The van der Waals surface area contributed by atoms with Crippen LogP contribution in [0.25, 0.3) is 0 Å². The lowest BCUT2D eigenvalue weighted by Crippen LogP contribution is -2.41. The lowest BCUT2D eigenvalue weighted by Gasteiger charge is -2.26. The zero-order valence-electron chi connectivity index (χ0n) is 15.3. The lowest BCUT2D eigenvalue weighted by molar-refractivity contribution is 0.0730. The van der Waals surface area contributed by atoms with Crippen molar-refractivity contribution in [3.05, 3.63) is 65.7 Å². The second-order valence-electron chi connectivity index (χ2n) is 6.53. The van der Waals surface area contributed by atoms with Gasteiger partial charge in [0.05, 0.1) is 23.7 Å². The predicted octanol–water partition coefficient (Wildman–Crippen LogP) is 2.24. The number of benzene rings is 2. The second-order valence-corrected chi connectivity index (χ2v) is 8.44. The van der Waals surface area contributed by atoms with Crippen LogP contribution in [0.4, 0.5) is 0 Å². The molecule has 1 unspecified atom stereocenters. The molecule has 1 saturated heterocycles. The van der Waals surface area contributed by atoms with Gasteiger partial charge in [0.1, 0.15) is 0 Å². The van der Waals surface area contributed by atoms with Gasteiger partial charge in [-0.3, -0.25) is 4.79 Å². The Bertz CT molecular complexity index is 878. The minimum Gasteiger partial charge on any atom is -0.379 e. The van der Waals surface area contributed by atoms with Gasteiger partial charge in [-0.05, 0) is 23.6 Å². The van der Waals surface area contributed by atoms with Crippen LogP contribution in [0.15, 0.2) is 59.5 Å². The highest BCUT2D eigenvalue weighted by Gasteiger charge is 2.30. The monoisotopic (exact) mass is 388 g/mol. The standard InChI is InChI=1S/C20H24N2O4S/c1-16(17-7-3-2-4-8-17)15-21-20(23)18-9-5-6-10-19(18)27(24,25)22-11-13-26-14-12-22/h2-10,16H,11-15H2,1H3,(H,21,23). The molecule has 0 aliphatic carbocycles. The number of sulfonamides is 1. The highest BCUT2D eigenvalue weighted by molar-refractivity contribution is 7.89. The van der Waals surface area contributed by atoms with E-state index in [0.29, 0.717) is 32.8 Å². The topological polar surface area (TPSA) is 75.7 Å². The van der Waals surface area contributed by atoms with E-state index >= 15 is 0 Å². The number of rotatable bonds is 6. The quantitative estimate of drug-likeness (QED) is 0.824. The summed E-state index contributed by atoms with van der Waals surface area (Å²) in [5, 5.41) is 2.87. The van der Waals surface area contributed by atoms with Crippen molar-refractivity contribution in [1.29, 1.82) is 0 Å². The molecule has 0 aromatic heterocycles. The van der Waals surface area contributed by atoms with Gasteiger partial charge in [-0.2, -0.15) is 4.31 Å². The number of nitrogens with zero attached hydrogens (tertiary/aromatic N) is 1. The van der Waals surface area contributed by atoms with E-state index < -0.39 is 10.0 Å². The summed E-state index contributed by atoms with van der Waals surface area (Å²) < 4.78 is 32.5. The normalized spacial score (nSPS) is 16.6. The molecule has 144 valence electrons. The highest BCUT2D eigenvalue weighted by atomic mass is 32.2. The Morgan fingerprint density at radius 2 is 1.70 bits per heavy atom. The third-order valence-electron chi connectivity index (χ3n) is 4.66. The summed E-state index contributed by atoms with van der Waals surface area (Å²) in [6, 6.07) is 16.2. The van der Waals surface area contributed by atoms with E-state index in [1.165, 1.54) is 10.4 Å². The smallest absolute Gasteiger partial charge is 0.252 e. The van der Waals surface area contributed by atoms with Gasteiger partial charge in [-0.1, -0.05) is 49.4 Å². The first kappa shape index (κ1) is 19.5. The SMILES string of the molecule is CC(CNC(=O)c1ccccc1S(=O)(=O)N1CCOCC1)c1ccccc1. The summed E-state index contributed by atoms with van der Waals surface area (Å²) >= 11 is 0. The summed E-state index contributed by atoms with van der Waals surface area (Å²) in [5.74, 6) is -0.261. The molecule has 2 aromatic rings. The molecule has 1 aliphatic heterocycles. The second kappa shape index (κ2) is 8.65. The van der Waals surface area contributed by atoms with E-state index in [2.05, 4.69) is 5.32 Å². The number of hydrogen-bond acceptors (Lipinski definition) is 4. The number of morpholine rings is 1. The molecular weight excluding hydrogens is 364 g/mol. The lowest BCUT2D eigenvalue weighted by atomic mass is 10.0. The molecule has 1 heterocycles. The Labute approximate surface area is 160 Å². The Morgan fingerprint density at radius 1 is 1.07 bits per heavy atom. The predicted molar refractivity (Wildman–Crippen MR) is 103 cm³/mol. The summed E-state index contributed by atoms with van der Waals surface area (Å²) in [7, 11) is -3.74. The highest BCUT2D eigenvalue weighted by Crippen LogP contribution is 2.21. The van der Waals surface area contributed by atoms with Gasteiger partial charge < -0.3 is 10.1 Å². The van der Waals surface area contributed by atoms with Gasteiger partial charge in [-0.25, -0.2) is 8.42 Å². The minimum absolute atomic E-state index is 0.0387. The summed E-state index contributed by atoms with van der Waals surface area (Å²) in [6.07, 6.45) is 0. The molecule has 7 heteroatoms. The van der Waals surface area contributed by atoms with E-state index in [1.54, 1.807) is 18.2 Å². The molecule has 1 atom stereocenters. The van der Waals surface area contributed by atoms with Crippen molar-refractivity contribution in [2.75, 3.05) is 32.8 Å². The Balaban J connectivity index is 1.76. The molecule has 0 bridgehead atoms. The number of amides is 1. The molecule has 1 aliphatic rings. The maximum absolute atomic E-state index is 13.0. The maximum atomic E-state index is 13.0. The fourth-order valence-electron chi connectivity index (χ4n) is 3.05. The third-order valence-corrected chi connectivity index (χ3v) is 6.61. The van der Waals surface area contributed by atoms with Crippen molar-refractivity contribution >= 4 is 15.9 Å². The maximum Gasteiger partial charge on any atom is 0.252 e. The van der Waals surface area contributed by atoms with Crippen LogP contribution in [-0.4, -0.2) is 51.5 Å². The van der Waals surface area contributed by atoms with Crippen LogP contribution in [0.3, 0.4) is 0 Å². The molecule has 1 N–H and O–H groups in total. The first-order valence-corrected chi connectivity index (χ1v) is 10.4. The van der Waals surface area contributed by atoms with Crippen molar-refractivity contribution in [2.24, 2.45) is 0 Å². The van der Waals surface area contributed by atoms with E-state index in [-0.39, 0.29) is 22.3 Å². The Morgan fingerprint density at radius 3 is 2.41 bits per heavy atom. The number of ether oxygens (including phenoxy) is 1. The molecule has 0 radical (unpaired) electrons. The minimum atomic E-state index is -3.74. The average molecular weight is 388 g/mol. The average Bonchev–Trinajstić information content (AvgIpc) is 2.73. The zero-order chi connectivity index (χ0) is 19.3. The van der Waals surface area contributed by atoms with Crippen molar-refractivity contribution in [3.63, 3.8) is 0 Å². The number of nitrogens with one attached hydrogen (secondary N) is 1. The van der Waals surface area contributed by atoms with Crippen LogP contribution in [0, 0.1) is 0 Å². The first-order valence-electron chi connectivity index (χ1n) is 9.00. The number of carbonyl (C=O) groups is 1. The number of carbonyl (C=O) groups excluding carboxylic acids is 1. The Hall–Kier alpha value is -2.22. The van der Waals surface area contributed by atoms with Crippen LogP contribution >= 0.6 is 0 Å². The first-order chi connectivity index (χ1) is 13.0. The summed E-state index contributed by atoms with van der Waals surface area (Å²) in [5.41, 5.74) is 1.29. The fourth-order valence-corrected chi connectivity index (χ4v) is 4.64. The molecule has 0 saturated carbocycles. The van der Waals surface area contributed by atoms with Crippen LogP contribution < -0.4 is 5.32 Å². The van der Waals surface area contributed by atoms with Crippen LogP contribution in [0.1, 0.15) is 28.8 Å². The molecule has 6 nitrogen and oxygen atoms in total. The van der Waals surface area contributed by atoms with Crippen molar-refractivity contribution in [3.8, 4) is 0 Å². The van der Waals surface area contributed by atoms with Crippen molar-refractivity contribution in [2.45, 2.75) is 17.7 Å². The summed E-state index contributed by atoms with van der Waals surface area (Å²) in [4.78, 5) is 12.8. The van der Waals surface area contributed by atoms with Crippen LogP contribution in [-0.2, 0) is 14.8 Å². The third kappa shape index (κ3) is 4.55. The molecular formula is C20H24N2O4S. The molecule has 1 amide bonds. The molecule has 27 heavy (non-hydrogen) atoms. The van der Waals surface area contributed by atoms with Gasteiger partial charge in [0, 0.05) is 19.6 Å². The van der Waals surface area contributed by atoms with Crippen molar-refractivity contribution in [1.82, 2.24) is 9.62 Å². The van der Waals surface area contributed by atoms with E-state index in [4.69, 9.17) is 4.74 Å². The van der Waals surface area contributed by atoms with Gasteiger partial charge in [0.2, 0.25) is 10.0 Å². The van der Waals surface area contributed by atoms with Crippen molar-refractivity contribution < 1.29 is 17.9 Å². The molecule has 2 aromatic carbocycles. The fraction of sp³-hybridized carbons (Fsp3) is 0.350. The van der Waals surface area contributed by atoms with Crippen LogP contribution in [0.2, 0.25) is 0 Å². The van der Waals surface area contributed by atoms with E-state index in [9.17, 15) is 13.2 Å². The molecule has 0 spiro atoms. The van der Waals surface area contributed by atoms with Gasteiger partial charge >= 0.3 is 0 Å². The van der Waals surface area contributed by atoms with Gasteiger partial charge in [0.15, 0.2) is 0 Å². The molecule has 1 fully saturated rings. The Kier molecular flexibility index (Phi) is 6.26. The molecule has 3 rings (SSSR count). The largest absolute Gasteiger partial charge is 0.379 e. The summed E-state index contributed by atoms with van der Waals surface area (Å²) in [6.45, 7) is 3.76. The van der Waals surface area contributed by atoms with E-state index in [1.807, 2.05) is 37.3 Å². The number of hydrogen-bond donors (Lipinski definition) is 1. The zero-order valence-corrected chi connectivity index (χ0v) is 16.1. The van der Waals surface area contributed by atoms with E-state index in [0.717, 1.165) is 5.56 Å². The van der Waals surface area contributed by atoms with Crippen LogP contribution in [0.5, 0.6) is 0 Å². The van der Waals surface area contributed by atoms with Gasteiger partial charge in [-0.15, -0.1) is 0 Å². The van der Waals surface area contributed by atoms with Gasteiger partial charge in [0.25, 0.3) is 5.91 Å².